The smallest absolute Gasteiger partial charge is 0.307 e. The van der Waals surface area contributed by atoms with E-state index in [0.717, 1.165) is 11.6 Å². The quantitative estimate of drug-likeness (QED) is 0.850. The Hall–Kier alpha value is -1.88. The number of hydrogen-bond donors (Lipinski definition) is 1. The molecule has 2 aromatic rings. The average molecular weight is 294 g/mol. The molecular weight excluding hydrogens is 282 g/mol. The molecule has 0 aliphatic heterocycles. The van der Waals surface area contributed by atoms with Crippen LogP contribution in [0.15, 0.2) is 47.4 Å². The molecule has 0 aliphatic carbocycles. The third kappa shape index (κ3) is 3.81. The lowest BCUT2D eigenvalue weighted by atomic mass is 10.1. The zero-order valence-electron chi connectivity index (χ0n) is 10.5. The predicted molar refractivity (Wildman–Crippen MR) is 73.7 cm³/mol. The van der Waals surface area contributed by atoms with Gasteiger partial charge in [-0.15, -0.1) is 11.8 Å². The molecule has 0 atom stereocenters. The van der Waals surface area contributed by atoms with E-state index in [1.165, 1.54) is 23.9 Å². The summed E-state index contributed by atoms with van der Waals surface area (Å²) in [5.74, 6) is -1.69. The second-order valence-corrected chi connectivity index (χ2v) is 5.22. The van der Waals surface area contributed by atoms with E-state index in [1.807, 2.05) is 12.1 Å². The van der Waals surface area contributed by atoms with Gasteiger partial charge in [-0.05, 0) is 23.3 Å². The number of carboxylic acid groups (broad SMARTS) is 1. The molecule has 0 spiro atoms. The van der Waals surface area contributed by atoms with Crippen molar-refractivity contribution in [1.29, 1.82) is 0 Å². The number of benzene rings is 2. The molecule has 1 N–H and O–H groups in total. The fraction of sp³-hybridized carbons (Fsp3) is 0.133. The minimum Gasteiger partial charge on any atom is -0.481 e. The molecular formula is C15H12F2O2S. The van der Waals surface area contributed by atoms with Crippen LogP contribution in [-0.2, 0) is 17.0 Å². The average Bonchev–Trinajstić information content (AvgIpc) is 2.39. The minimum atomic E-state index is -0.907. The van der Waals surface area contributed by atoms with E-state index in [9.17, 15) is 13.6 Å². The van der Waals surface area contributed by atoms with E-state index in [4.69, 9.17) is 5.11 Å². The molecule has 0 saturated heterocycles. The molecule has 2 nitrogen and oxygen atoms in total. The van der Waals surface area contributed by atoms with Crippen molar-refractivity contribution in [3.05, 3.63) is 65.2 Å². The van der Waals surface area contributed by atoms with Crippen LogP contribution >= 0.6 is 11.8 Å². The summed E-state index contributed by atoms with van der Waals surface area (Å²) in [5, 5.41) is 8.84. The molecule has 0 radical (unpaired) electrons. The van der Waals surface area contributed by atoms with Crippen LogP contribution in [-0.4, -0.2) is 11.1 Å². The standard InChI is InChI=1S/C15H12F2O2S/c16-12-5-6-14(13(17)8-12)20-9-11-4-2-1-3-10(11)7-15(18)19/h1-6,8H,7,9H2,(H,18,19). The molecule has 104 valence electrons. The van der Waals surface area contributed by atoms with Gasteiger partial charge in [0.15, 0.2) is 0 Å². The second kappa shape index (κ2) is 6.52. The van der Waals surface area contributed by atoms with E-state index < -0.39 is 17.6 Å². The summed E-state index contributed by atoms with van der Waals surface area (Å²) in [4.78, 5) is 11.1. The summed E-state index contributed by atoms with van der Waals surface area (Å²) >= 11 is 1.22. The van der Waals surface area contributed by atoms with Gasteiger partial charge in [-0.1, -0.05) is 24.3 Å². The Morgan fingerprint density at radius 2 is 1.80 bits per heavy atom. The van der Waals surface area contributed by atoms with Crippen LogP contribution in [0, 0.1) is 11.6 Å². The van der Waals surface area contributed by atoms with Crippen molar-refractivity contribution in [2.24, 2.45) is 0 Å². The highest BCUT2D eigenvalue weighted by atomic mass is 32.2. The molecule has 0 aliphatic rings. The Bertz CT molecular complexity index is 629. The zero-order valence-corrected chi connectivity index (χ0v) is 11.3. The molecule has 2 aromatic carbocycles. The van der Waals surface area contributed by atoms with Gasteiger partial charge in [0, 0.05) is 16.7 Å². The Morgan fingerprint density at radius 1 is 1.10 bits per heavy atom. The van der Waals surface area contributed by atoms with Crippen LogP contribution in [0.2, 0.25) is 0 Å². The number of thioether (sulfide) groups is 1. The van der Waals surface area contributed by atoms with E-state index >= 15 is 0 Å². The third-order valence-corrected chi connectivity index (χ3v) is 3.83. The molecule has 0 saturated carbocycles. The van der Waals surface area contributed by atoms with Gasteiger partial charge in [0.25, 0.3) is 0 Å². The zero-order chi connectivity index (χ0) is 14.5. The first kappa shape index (κ1) is 14.5. The Kier molecular flexibility index (Phi) is 4.74. The molecule has 2 rings (SSSR count). The molecule has 0 bridgehead atoms. The number of aliphatic carboxylic acids is 1. The molecule has 0 heterocycles. The lowest BCUT2D eigenvalue weighted by Crippen LogP contribution is -2.02. The summed E-state index contributed by atoms with van der Waals surface area (Å²) in [6.45, 7) is 0. The first-order chi connectivity index (χ1) is 9.56. The Morgan fingerprint density at radius 3 is 2.45 bits per heavy atom. The molecule has 5 heteroatoms. The summed E-state index contributed by atoms with van der Waals surface area (Å²) < 4.78 is 26.3. The maximum Gasteiger partial charge on any atom is 0.307 e. The van der Waals surface area contributed by atoms with Crippen molar-refractivity contribution < 1.29 is 18.7 Å². The van der Waals surface area contributed by atoms with Crippen molar-refractivity contribution in [2.75, 3.05) is 0 Å². The van der Waals surface area contributed by atoms with Gasteiger partial charge in [0.05, 0.1) is 6.42 Å². The first-order valence-electron chi connectivity index (χ1n) is 5.92. The van der Waals surface area contributed by atoms with Crippen molar-refractivity contribution in [2.45, 2.75) is 17.1 Å². The third-order valence-electron chi connectivity index (χ3n) is 2.74. The van der Waals surface area contributed by atoms with E-state index in [0.29, 0.717) is 16.2 Å². The van der Waals surface area contributed by atoms with Gasteiger partial charge in [-0.2, -0.15) is 0 Å². The number of carboxylic acids is 1. The van der Waals surface area contributed by atoms with Crippen molar-refractivity contribution in [3.63, 3.8) is 0 Å². The van der Waals surface area contributed by atoms with Crippen LogP contribution in [0.3, 0.4) is 0 Å². The van der Waals surface area contributed by atoms with Crippen LogP contribution in [0.4, 0.5) is 8.78 Å². The summed E-state index contributed by atoms with van der Waals surface area (Å²) in [6.07, 6.45) is -0.0668. The van der Waals surface area contributed by atoms with Crippen LogP contribution in [0.1, 0.15) is 11.1 Å². The summed E-state index contributed by atoms with van der Waals surface area (Å²) in [6, 6.07) is 10.6. The molecule has 0 aromatic heterocycles. The van der Waals surface area contributed by atoms with Crippen LogP contribution < -0.4 is 0 Å². The van der Waals surface area contributed by atoms with Gasteiger partial charge >= 0.3 is 5.97 Å². The lowest BCUT2D eigenvalue weighted by Gasteiger charge is -2.08. The number of carbonyl (C=O) groups is 1. The SMILES string of the molecule is O=C(O)Cc1ccccc1CSc1ccc(F)cc1F. The number of rotatable bonds is 5. The maximum absolute atomic E-state index is 13.5. The lowest BCUT2D eigenvalue weighted by molar-refractivity contribution is -0.136. The van der Waals surface area contributed by atoms with E-state index in [-0.39, 0.29) is 6.42 Å². The van der Waals surface area contributed by atoms with E-state index in [1.54, 1.807) is 12.1 Å². The highest BCUT2D eigenvalue weighted by Crippen LogP contribution is 2.27. The highest BCUT2D eigenvalue weighted by molar-refractivity contribution is 7.98. The molecule has 0 unspecified atom stereocenters. The van der Waals surface area contributed by atoms with Crippen LogP contribution in [0.25, 0.3) is 0 Å². The topological polar surface area (TPSA) is 37.3 Å². The van der Waals surface area contributed by atoms with Crippen molar-refractivity contribution >= 4 is 17.7 Å². The van der Waals surface area contributed by atoms with Gasteiger partial charge in [0.1, 0.15) is 11.6 Å². The fourth-order valence-electron chi connectivity index (χ4n) is 1.78. The molecule has 0 amide bonds. The minimum absolute atomic E-state index is 0.0668. The predicted octanol–water partition coefficient (Wildman–Crippen LogP) is 3.88. The molecule has 0 fully saturated rings. The Balaban J connectivity index is 2.12. The fourth-order valence-corrected chi connectivity index (χ4v) is 2.74. The van der Waals surface area contributed by atoms with Crippen LogP contribution in [0.5, 0.6) is 0 Å². The summed E-state index contributed by atoms with van der Waals surface area (Å²) in [5.41, 5.74) is 1.54. The van der Waals surface area contributed by atoms with Gasteiger partial charge in [-0.3, -0.25) is 4.79 Å². The largest absolute Gasteiger partial charge is 0.481 e. The summed E-state index contributed by atoms with van der Waals surface area (Å²) in [7, 11) is 0. The van der Waals surface area contributed by atoms with Crippen molar-refractivity contribution in [3.8, 4) is 0 Å². The molecule has 20 heavy (non-hydrogen) atoms. The van der Waals surface area contributed by atoms with Crippen molar-refractivity contribution in [1.82, 2.24) is 0 Å². The second-order valence-electron chi connectivity index (χ2n) is 4.20. The highest BCUT2D eigenvalue weighted by Gasteiger charge is 2.09. The maximum atomic E-state index is 13.5. The van der Waals surface area contributed by atoms with Gasteiger partial charge in [0.2, 0.25) is 0 Å². The monoisotopic (exact) mass is 294 g/mol. The number of halogens is 2. The normalized spacial score (nSPS) is 10.5. The van der Waals surface area contributed by atoms with Gasteiger partial charge < -0.3 is 5.11 Å². The first-order valence-corrected chi connectivity index (χ1v) is 6.91. The Labute approximate surface area is 119 Å². The van der Waals surface area contributed by atoms with E-state index in [2.05, 4.69) is 0 Å². The van der Waals surface area contributed by atoms with Gasteiger partial charge in [-0.25, -0.2) is 8.78 Å². The number of hydrogen-bond acceptors (Lipinski definition) is 2.